The molecular weight excluding hydrogens is 585 g/mol. The Kier molecular flexibility index (Phi) is 7.09. The average molecular weight is 605 g/mol. The van der Waals surface area contributed by atoms with Crippen LogP contribution < -0.4 is 0 Å². The monoisotopic (exact) mass is 605 g/mol. The maximum Gasteiger partial charge on any atom is 0.123 e. The van der Waals surface area contributed by atoms with Gasteiger partial charge in [0.15, 0.2) is 0 Å². The SMILES string of the molecule is Cc1cccc(-c2[c-]cccc2)n1.[Ir].[c-]1c(-c2ccccn2)ccc2c1oc1ccccc12. The Bertz CT molecular complexity index is 1480. The van der Waals surface area contributed by atoms with Gasteiger partial charge in [0.25, 0.3) is 0 Å². The molecule has 0 unspecified atom stereocenters. The summed E-state index contributed by atoms with van der Waals surface area (Å²) in [5.74, 6) is 0. The van der Waals surface area contributed by atoms with Gasteiger partial charge in [-0.15, -0.1) is 53.6 Å². The predicted octanol–water partition coefficient (Wildman–Crippen LogP) is 7.30. The number of aromatic nitrogens is 2. The van der Waals surface area contributed by atoms with Crippen LogP contribution in [0.2, 0.25) is 0 Å². The van der Waals surface area contributed by atoms with Crippen LogP contribution in [0.5, 0.6) is 0 Å². The molecule has 0 aliphatic heterocycles. The molecule has 3 aromatic carbocycles. The zero-order valence-electron chi connectivity index (χ0n) is 18.0. The van der Waals surface area contributed by atoms with Gasteiger partial charge in [0, 0.05) is 32.0 Å². The standard InChI is InChI=1S/C17H10NO.C12H10N.Ir/c1-2-7-16-13(5-1)14-9-8-12(11-17(14)19-16)15-6-3-4-10-18-15;1-10-6-5-9-12(13-10)11-7-3-2-4-8-11;/h1-10H;2-7,9H,1H3;/q2*-1;. The van der Waals surface area contributed by atoms with Crippen LogP contribution in [0.1, 0.15) is 5.69 Å². The Morgan fingerprint density at radius 3 is 2.30 bits per heavy atom. The maximum atomic E-state index is 5.83. The molecule has 0 amide bonds. The van der Waals surface area contributed by atoms with Gasteiger partial charge >= 0.3 is 0 Å². The van der Waals surface area contributed by atoms with Crippen LogP contribution in [-0.4, -0.2) is 9.97 Å². The molecule has 1 radical (unpaired) electrons. The van der Waals surface area contributed by atoms with E-state index in [9.17, 15) is 0 Å². The molecule has 3 aromatic heterocycles. The molecule has 0 bridgehead atoms. The van der Waals surface area contributed by atoms with Crippen molar-refractivity contribution in [1.82, 2.24) is 9.97 Å². The largest absolute Gasteiger partial charge is 0.477 e. The first kappa shape index (κ1) is 22.6. The minimum Gasteiger partial charge on any atom is -0.477 e. The molecule has 3 heterocycles. The van der Waals surface area contributed by atoms with Gasteiger partial charge in [-0.05, 0) is 41.9 Å². The number of hydrogen-bond acceptors (Lipinski definition) is 3. The normalized spacial score (nSPS) is 10.3. The van der Waals surface area contributed by atoms with Crippen LogP contribution in [0, 0.1) is 19.1 Å². The second-order valence-corrected chi connectivity index (χ2v) is 7.37. The number of pyridine rings is 2. The number of hydrogen-bond donors (Lipinski definition) is 0. The smallest absolute Gasteiger partial charge is 0.123 e. The zero-order chi connectivity index (χ0) is 21.8. The number of rotatable bonds is 2. The van der Waals surface area contributed by atoms with Crippen molar-refractivity contribution >= 4 is 21.9 Å². The minimum absolute atomic E-state index is 0. The first-order valence-corrected chi connectivity index (χ1v) is 10.4. The Balaban J connectivity index is 0.000000164. The zero-order valence-corrected chi connectivity index (χ0v) is 20.3. The van der Waals surface area contributed by atoms with E-state index in [0.29, 0.717) is 0 Å². The van der Waals surface area contributed by atoms with E-state index in [1.165, 1.54) is 0 Å². The third-order valence-electron chi connectivity index (χ3n) is 5.11. The van der Waals surface area contributed by atoms with Crippen LogP contribution in [0.25, 0.3) is 44.5 Å². The topological polar surface area (TPSA) is 38.9 Å². The van der Waals surface area contributed by atoms with Gasteiger partial charge < -0.3 is 14.4 Å². The molecule has 163 valence electrons. The quantitative estimate of drug-likeness (QED) is 0.195. The van der Waals surface area contributed by atoms with Gasteiger partial charge in [0.05, 0.1) is 5.58 Å². The van der Waals surface area contributed by atoms with Crippen molar-refractivity contribution in [3.63, 3.8) is 0 Å². The van der Waals surface area contributed by atoms with E-state index in [4.69, 9.17) is 4.42 Å². The molecule has 33 heavy (non-hydrogen) atoms. The number of para-hydroxylation sites is 1. The Morgan fingerprint density at radius 2 is 1.52 bits per heavy atom. The summed E-state index contributed by atoms with van der Waals surface area (Å²) in [6, 6.07) is 38.3. The second-order valence-electron chi connectivity index (χ2n) is 7.37. The molecule has 4 heteroatoms. The maximum absolute atomic E-state index is 5.83. The van der Waals surface area contributed by atoms with Gasteiger partial charge in [-0.1, -0.05) is 53.9 Å². The minimum atomic E-state index is 0. The summed E-state index contributed by atoms with van der Waals surface area (Å²) in [7, 11) is 0. The molecule has 0 aliphatic carbocycles. The summed E-state index contributed by atoms with van der Waals surface area (Å²) < 4.78 is 5.83. The molecule has 0 saturated heterocycles. The van der Waals surface area contributed by atoms with E-state index in [2.05, 4.69) is 34.2 Å². The van der Waals surface area contributed by atoms with Crippen LogP contribution >= 0.6 is 0 Å². The van der Waals surface area contributed by atoms with Crippen LogP contribution in [0.4, 0.5) is 0 Å². The molecular formula is C29H20IrN2O-2. The molecule has 0 saturated carbocycles. The van der Waals surface area contributed by atoms with Gasteiger partial charge in [-0.3, -0.25) is 0 Å². The number of nitrogens with zero attached hydrogens (tertiary/aromatic N) is 2. The fraction of sp³-hybridized carbons (Fsp3) is 0.0345. The average Bonchev–Trinajstić information content (AvgIpc) is 3.23. The molecule has 0 spiro atoms. The van der Waals surface area contributed by atoms with Crippen molar-refractivity contribution in [2.45, 2.75) is 6.92 Å². The Labute approximate surface area is 206 Å². The van der Waals surface area contributed by atoms with Gasteiger partial charge in [0.2, 0.25) is 0 Å². The number of fused-ring (bicyclic) bond motifs is 3. The Morgan fingerprint density at radius 1 is 0.697 bits per heavy atom. The van der Waals surface area contributed by atoms with Crippen molar-refractivity contribution < 1.29 is 24.5 Å². The first-order valence-electron chi connectivity index (χ1n) is 10.4. The van der Waals surface area contributed by atoms with E-state index in [-0.39, 0.29) is 20.1 Å². The molecule has 0 aliphatic rings. The molecule has 3 nitrogen and oxygen atoms in total. The third kappa shape index (κ3) is 5.09. The summed E-state index contributed by atoms with van der Waals surface area (Å²) in [6.45, 7) is 1.99. The van der Waals surface area contributed by atoms with E-state index in [1.54, 1.807) is 6.20 Å². The first-order chi connectivity index (χ1) is 15.8. The van der Waals surface area contributed by atoms with Crippen molar-refractivity contribution in [1.29, 1.82) is 0 Å². The van der Waals surface area contributed by atoms with Crippen LogP contribution in [0.3, 0.4) is 0 Å². The molecule has 0 atom stereocenters. The van der Waals surface area contributed by atoms with E-state index in [0.717, 1.165) is 50.1 Å². The van der Waals surface area contributed by atoms with Gasteiger partial charge in [0.1, 0.15) is 5.58 Å². The summed E-state index contributed by atoms with van der Waals surface area (Å²) >= 11 is 0. The van der Waals surface area contributed by atoms with Crippen LogP contribution in [-0.2, 0) is 20.1 Å². The van der Waals surface area contributed by atoms with Crippen molar-refractivity contribution in [2.75, 3.05) is 0 Å². The van der Waals surface area contributed by atoms with E-state index >= 15 is 0 Å². The van der Waals surface area contributed by atoms with Crippen molar-refractivity contribution in [3.8, 4) is 22.5 Å². The predicted molar refractivity (Wildman–Crippen MR) is 129 cm³/mol. The number of aryl methyl sites for hydroxylation is 1. The number of benzene rings is 3. The molecule has 0 fully saturated rings. The number of furan rings is 1. The molecule has 6 rings (SSSR count). The van der Waals surface area contributed by atoms with Gasteiger partial charge in [-0.2, -0.15) is 0 Å². The summed E-state index contributed by atoms with van der Waals surface area (Å²) in [5.41, 5.74) is 6.61. The fourth-order valence-corrected chi connectivity index (χ4v) is 3.57. The summed E-state index contributed by atoms with van der Waals surface area (Å²) in [5, 5.41) is 2.22. The Hall–Kier alpha value is -3.59. The fourth-order valence-electron chi connectivity index (χ4n) is 3.57. The summed E-state index contributed by atoms with van der Waals surface area (Å²) in [6.07, 6.45) is 1.78. The summed E-state index contributed by atoms with van der Waals surface area (Å²) in [4.78, 5) is 8.75. The molecule has 0 N–H and O–H groups in total. The van der Waals surface area contributed by atoms with E-state index in [1.807, 2.05) is 91.9 Å². The third-order valence-corrected chi connectivity index (χ3v) is 5.11. The van der Waals surface area contributed by atoms with Crippen molar-refractivity contribution in [2.24, 2.45) is 0 Å². The van der Waals surface area contributed by atoms with Gasteiger partial charge in [-0.25, -0.2) is 0 Å². The molecule has 6 aromatic rings. The second kappa shape index (κ2) is 10.4. The van der Waals surface area contributed by atoms with Crippen LogP contribution in [0.15, 0.2) is 108 Å². The van der Waals surface area contributed by atoms with E-state index < -0.39 is 0 Å². The van der Waals surface area contributed by atoms with Crippen molar-refractivity contribution in [3.05, 3.63) is 121 Å².